The van der Waals surface area contributed by atoms with Crippen molar-refractivity contribution in [3.05, 3.63) is 20.8 Å². The van der Waals surface area contributed by atoms with Gasteiger partial charge >= 0.3 is 0 Å². The Morgan fingerprint density at radius 3 is 2.81 bits per heavy atom. The summed E-state index contributed by atoms with van der Waals surface area (Å²) in [6.45, 7) is 3.35. The highest BCUT2D eigenvalue weighted by molar-refractivity contribution is 9.11. The first-order chi connectivity index (χ1) is 7.68. The summed E-state index contributed by atoms with van der Waals surface area (Å²) in [6, 6.07) is 4.21. The van der Waals surface area contributed by atoms with Crippen LogP contribution in [0.1, 0.15) is 17.7 Å². The number of hydrogen-bond acceptors (Lipinski definition) is 4. The number of ether oxygens (including phenoxy) is 1. The van der Waals surface area contributed by atoms with Crippen LogP contribution in [0, 0.1) is 0 Å². The quantitative estimate of drug-likeness (QED) is 0.895. The topological polar surface area (TPSA) is 47.3 Å². The molecule has 0 spiro atoms. The summed E-state index contributed by atoms with van der Waals surface area (Å²) >= 11 is 5.22. The standard InChI is InChI=1S/C11H17BrN2OS/c12-10-2-1-9(16-10)7-14-8-11(13)3-5-15-6-4-11/h1-2,14H,3-8,13H2. The second kappa shape index (κ2) is 5.60. The highest BCUT2D eigenvalue weighted by Gasteiger charge is 2.27. The van der Waals surface area contributed by atoms with E-state index in [-0.39, 0.29) is 5.54 Å². The van der Waals surface area contributed by atoms with E-state index in [1.165, 1.54) is 8.66 Å². The fraction of sp³-hybridized carbons (Fsp3) is 0.636. The van der Waals surface area contributed by atoms with Crippen LogP contribution >= 0.6 is 27.3 Å². The Balaban J connectivity index is 1.74. The number of nitrogens with two attached hydrogens (primary N) is 1. The maximum absolute atomic E-state index is 6.28. The molecule has 1 fully saturated rings. The van der Waals surface area contributed by atoms with E-state index in [1.807, 2.05) is 0 Å². The van der Waals surface area contributed by atoms with Crippen LogP contribution in [0.4, 0.5) is 0 Å². The third-order valence-electron chi connectivity index (χ3n) is 2.89. The zero-order chi connectivity index (χ0) is 11.4. The van der Waals surface area contributed by atoms with E-state index in [0.717, 1.165) is 39.1 Å². The molecule has 0 amide bonds. The van der Waals surface area contributed by atoms with Gasteiger partial charge in [-0.15, -0.1) is 11.3 Å². The van der Waals surface area contributed by atoms with E-state index in [2.05, 4.69) is 33.4 Å². The molecule has 3 N–H and O–H groups in total. The molecule has 1 aliphatic rings. The summed E-state index contributed by atoms with van der Waals surface area (Å²) in [5.41, 5.74) is 6.20. The van der Waals surface area contributed by atoms with E-state index in [4.69, 9.17) is 10.5 Å². The number of rotatable bonds is 4. The van der Waals surface area contributed by atoms with E-state index in [0.29, 0.717) is 0 Å². The lowest BCUT2D eigenvalue weighted by molar-refractivity contribution is 0.0531. The van der Waals surface area contributed by atoms with E-state index in [9.17, 15) is 0 Å². The fourth-order valence-electron chi connectivity index (χ4n) is 1.84. The van der Waals surface area contributed by atoms with Gasteiger partial charge in [-0.05, 0) is 40.9 Å². The summed E-state index contributed by atoms with van der Waals surface area (Å²) in [4.78, 5) is 1.34. The molecule has 1 aromatic heterocycles. The first-order valence-electron chi connectivity index (χ1n) is 5.50. The molecule has 0 radical (unpaired) electrons. The zero-order valence-electron chi connectivity index (χ0n) is 9.17. The second-order valence-electron chi connectivity index (χ2n) is 4.28. The Morgan fingerprint density at radius 1 is 1.44 bits per heavy atom. The van der Waals surface area contributed by atoms with E-state index in [1.54, 1.807) is 11.3 Å². The van der Waals surface area contributed by atoms with Gasteiger partial charge in [0.2, 0.25) is 0 Å². The summed E-state index contributed by atoms with van der Waals surface area (Å²) < 4.78 is 6.50. The molecule has 16 heavy (non-hydrogen) atoms. The van der Waals surface area contributed by atoms with Crippen molar-refractivity contribution in [1.29, 1.82) is 0 Å². The summed E-state index contributed by atoms with van der Waals surface area (Å²) in [5.74, 6) is 0. The molecule has 0 atom stereocenters. The highest BCUT2D eigenvalue weighted by Crippen LogP contribution is 2.22. The third-order valence-corrected chi connectivity index (χ3v) is 4.52. The van der Waals surface area contributed by atoms with Gasteiger partial charge < -0.3 is 15.8 Å². The average Bonchev–Trinajstić information content (AvgIpc) is 2.65. The van der Waals surface area contributed by atoms with Crippen LogP contribution in [-0.4, -0.2) is 25.3 Å². The normalized spacial score (nSPS) is 19.9. The molecule has 3 nitrogen and oxygen atoms in total. The number of nitrogens with one attached hydrogen (secondary N) is 1. The minimum atomic E-state index is -0.0766. The van der Waals surface area contributed by atoms with Crippen LogP contribution in [-0.2, 0) is 11.3 Å². The van der Waals surface area contributed by atoms with Gasteiger partial charge in [-0.25, -0.2) is 0 Å². The lowest BCUT2D eigenvalue weighted by atomic mass is 9.91. The maximum Gasteiger partial charge on any atom is 0.0701 e. The Hall–Kier alpha value is 0.0600. The van der Waals surface area contributed by atoms with Gasteiger partial charge in [-0.1, -0.05) is 0 Å². The van der Waals surface area contributed by atoms with E-state index < -0.39 is 0 Å². The molecule has 90 valence electrons. The molecule has 0 aromatic carbocycles. The summed E-state index contributed by atoms with van der Waals surface area (Å²) in [5, 5.41) is 3.43. The first-order valence-corrected chi connectivity index (χ1v) is 7.10. The minimum absolute atomic E-state index is 0.0766. The second-order valence-corrected chi connectivity index (χ2v) is 6.83. The van der Waals surface area contributed by atoms with Crippen LogP contribution < -0.4 is 11.1 Å². The molecule has 2 heterocycles. The lowest BCUT2D eigenvalue weighted by Crippen LogP contribution is -2.52. The number of hydrogen-bond donors (Lipinski definition) is 2. The zero-order valence-corrected chi connectivity index (χ0v) is 11.6. The molecule has 0 unspecified atom stereocenters. The van der Waals surface area contributed by atoms with Crippen LogP contribution in [0.5, 0.6) is 0 Å². The van der Waals surface area contributed by atoms with Crippen molar-refractivity contribution >= 4 is 27.3 Å². The van der Waals surface area contributed by atoms with Gasteiger partial charge in [0.05, 0.1) is 3.79 Å². The molecular weight excluding hydrogens is 288 g/mol. The molecule has 2 rings (SSSR count). The van der Waals surface area contributed by atoms with Crippen LogP contribution in [0.3, 0.4) is 0 Å². The van der Waals surface area contributed by atoms with Gasteiger partial charge in [0.25, 0.3) is 0 Å². The molecule has 1 saturated heterocycles. The van der Waals surface area contributed by atoms with Crippen molar-refractivity contribution in [1.82, 2.24) is 5.32 Å². The van der Waals surface area contributed by atoms with Crippen LogP contribution in [0.25, 0.3) is 0 Å². The van der Waals surface area contributed by atoms with Crippen molar-refractivity contribution in [3.63, 3.8) is 0 Å². The summed E-state index contributed by atoms with van der Waals surface area (Å²) in [6.07, 6.45) is 1.91. The van der Waals surface area contributed by atoms with Gasteiger partial charge in [-0.2, -0.15) is 0 Å². The Labute approximate surface area is 108 Å². The van der Waals surface area contributed by atoms with Gasteiger partial charge in [0.1, 0.15) is 0 Å². The van der Waals surface area contributed by atoms with Crippen molar-refractivity contribution in [2.45, 2.75) is 24.9 Å². The lowest BCUT2D eigenvalue weighted by Gasteiger charge is -2.33. The largest absolute Gasteiger partial charge is 0.381 e. The molecule has 5 heteroatoms. The smallest absolute Gasteiger partial charge is 0.0701 e. The molecule has 0 saturated carbocycles. The van der Waals surface area contributed by atoms with Crippen molar-refractivity contribution in [3.8, 4) is 0 Å². The van der Waals surface area contributed by atoms with Gasteiger partial charge in [-0.3, -0.25) is 0 Å². The molecule has 1 aliphatic heterocycles. The monoisotopic (exact) mass is 304 g/mol. The van der Waals surface area contributed by atoms with Gasteiger partial charge in [0, 0.05) is 36.7 Å². The van der Waals surface area contributed by atoms with Gasteiger partial charge in [0.15, 0.2) is 0 Å². The first kappa shape index (κ1) is 12.5. The number of halogens is 1. The minimum Gasteiger partial charge on any atom is -0.381 e. The van der Waals surface area contributed by atoms with Crippen LogP contribution in [0.2, 0.25) is 0 Å². The van der Waals surface area contributed by atoms with Crippen molar-refractivity contribution in [2.24, 2.45) is 5.73 Å². The fourth-order valence-corrected chi connectivity index (χ4v) is 3.29. The summed E-state index contributed by atoms with van der Waals surface area (Å²) in [7, 11) is 0. The highest BCUT2D eigenvalue weighted by atomic mass is 79.9. The Bertz CT molecular complexity index is 336. The molecule has 0 aliphatic carbocycles. The van der Waals surface area contributed by atoms with Crippen molar-refractivity contribution in [2.75, 3.05) is 19.8 Å². The van der Waals surface area contributed by atoms with Crippen LogP contribution in [0.15, 0.2) is 15.9 Å². The number of thiophene rings is 1. The molecule has 1 aromatic rings. The Morgan fingerprint density at radius 2 is 2.19 bits per heavy atom. The molecular formula is C11H17BrN2OS. The predicted octanol–water partition coefficient (Wildman–Crippen LogP) is 2.11. The average molecular weight is 305 g/mol. The maximum atomic E-state index is 6.28. The van der Waals surface area contributed by atoms with E-state index >= 15 is 0 Å². The molecule has 0 bridgehead atoms. The predicted molar refractivity (Wildman–Crippen MR) is 70.7 cm³/mol. The SMILES string of the molecule is NC1(CNCc2ccc(Br)s2)CCOCC1. The van der Waals surface area contributed by atoms with Crippen molar-refractivity contribution < 1.29 is 4.74 Å². The third kappa shape index (κ3) is 3.53. The Kier molecular flexibility index (Phi) is 4.38.